The summed E-state index contributed by atoms with van der Waals surface area (Å²) in [6, 6.07) is 9.49. The first-order valence-corrected chi connectivity index (χ1v) is 6.49. The number of hydrogen-bond donors (Lipinski definition) is 0. The molecule has 0 amide bonds. The molecule has 1 aromatic carbocycles. The van der Waals surface area contributed by atoms with E-state index in [1.807, 2.05) is 30.3 Å². The van der Waals surface area contributed by atoms with Crippen LogP contribution in [0, 0.1) is 0 Å². The number of nitrogens with zero attached hydrogens (tertiary/aromatic N) is 1. The Bertz CT molecular complexity index is 404. The highest BCUT2D eigenvalue weighted by molar-refractivity contribution is 5.97. The number of ether oxygens (including phenoxy) is 1. The molecule has 0 aliphatic carbocycles. The molecule has 1 aliphatic rings. The molecule has 3 nitrogen and oxygen atoms in total. The van der Waals surface area contributed by atoms with E-state index in [-0.39, 0.29) is 11.4 Å². The molecule has 98 valence electrons. The van der Waals surface area contributed by atoms with Crippen molar-refractivity contribution in [1.29, 1.82) is 0 Å². The second-order valence-electron chi connectivity index (χ2n) is 5.26. The highest BCUT2D eigenvalue weighted by Crippen LogP contribution is 2.23. The zero-order valence-corrected chi connectivity index (χ0v) is 11.2. The minimum Gasteiger partial charge on any atom is -0.377 e. The molecule has 0 saturated carbocycles. The molecule has 0 spiro atoms. The smallest absolute Gasteiger partial charge is 0.176 e. The predicted molar refractivity (Wildman–Crippen MR) is 71.9 cm³/mol. The fraction of sp³-hybridized carbons (Fsp3) is 0.533. The van der Waals surface area contributed by atoms with Gasteiger partial charge in [-0.3, -0.25) is 9.69 Å². The fourth-order valence-corrected chi connectivity index (χ4v) is 2.53. The lowest BCUT2D eigenvalue weighted by molar-refractivity contribution is -0.0485. The molecule has 0 N–H and O–H groups in total. The summed E-state index contributed by atoms with van der Waals surface area (Å²) in [7, 11) is 1.75. The molecule has 1 fully saturated rings. The molecule has 0 bridgehead atoms. The minimum absolute atomic E-state index is 0.102. The van der Waals surface area contributed by atoms with E-state index in [9.17, 15) is 4.79 Å². The van der Waals surface area contributed by atoms with Gasteiger partial charge in [0, 0.05) is 19.2 Å². The maximum atomic E-state index is 12.1. The van der Waals surface area contributed by atoms with Gasteiger partial charge in [0.15, 0.2) is 5.78 Å². The van der Waals surface area contributed by atoms with E-state index < -0.39 is 0 Å². The van der Waals surface area contributed by atoms with E-state index in [0.29, 0.717) is 6.54 Å². The van der Waals surface area contributed by atoms with Crippen LogP contribution in [0.4, 0.5) is 0 Å². The average Bonchev–Trinajstić information content (AvgIpc) is 2.40. The van der Waals surface area contributed by atoms with Crippen LogP contribution in [0.15, 0.2) is 30.3 Å². The number of rotatable bonds is 4. The molecule has 1 aliphatic heterocycles. The van der Waals surface area contributed by atoms with Gasteiger partial charge in [-0.15, -0.1) is 0 Å². The highest BCUT2D eigenvalue weighted by Gasteiger charge is 2.31. The van der Waals surface area contributed by atoms with Gasteiger partial charge in [0.1, 0.15) is 0 Å². The van der Waals surface area contributed by atoms with Crippen LogP contribution in [0.2, 0.25) is 0 Å². The Morgan fingerprint density at radius 3 is 2.78 bits per heavy atom. The van der Waals surface area contributed by atoms with Gasteiger partial charge in [-0.2, -0.15) is 0 Å². The zero-order valence-electron chi connectivity index (χ0n) is 11.2. The Morgan fingerprint density at radius 2 is 2.11 bits per heavy atom. The van der Waals surface area contributed by atoms with E-state index in [4.69, 9.17) is 4.74 Å². The van der Waals surface area contributed by atoms with Crippen LogP contribution in [0.25, 0.3) is 0 Å². The van der Waals surface area contributed by atoms with E-state index in [1.54, 1.807) is 7.11 Å². The molecule has 1 unspecified atom stereocenters. The summed E-state index contributed by atoms with van der Waals surface area (Å²) in [5, 5.41) is 0. The third-order valence-corrected chi connectivity index (χ3v) is 3.69. The molecule has 1 atom stereocenters. The van der Waals surface area contributed by atoms with Gasteiger partial charge in [-0.1, -0.05) is 30.3 Å². The van der Waals surface area contributed by atoms with Gasteiger partial charge in [0.05, 0.1) is 12.1 Å². The van der Waals surface area contributed by atoms with Gasteiger partial charge in [-0.25, -0.2) is 0 Å². The van der Waals surface area contributed by atoms with Crippen molar-refractivity contribution in [1.82, 2.24) is 4.90 Å². The Hall–Kier alpha value is -1.19. The van der Waals surface area contributed by atoms with E-state index in [0.717, 1.165) is 31.5 Å². The molecule has 1 heterocycles. The Balaban J connectivity index is 1.96. The van der Waals surface area contributed by atoms with Crippen molar-refractivity contribution in [3.8, 4) is 0 Å². The third kappa shape index (κ3) is 3.18. The maximum Gasteiger partial charge on any atom is 0.176 e. The van der Waals surface area contributed by atoms with Crippen molar-refractivity contribution in [2.24, 2.45) is 0 Å². The predicted octanol–water partition coefficient (Wildman–Crippen LogP) is 2.37. The molecule has 3 heteroatoms. The maximum absolute atomic E-state index is 12.1. The summed E-state index contributed by atoms with van der Waals surface area (Å²) >= 11 is 0. The van der Waals surface area contributed by atoms with Crippen molar-refractivity contribution in [2.75, 3.05) is 26.7 Å². The average molecular weight is 247 g/mol. The molecule has 2 rings (SSSR count). The van der Waals surface area contributed by atoms with Crippen molar-refractivity contribution < 1.29 is 9.53 Å². The van der Waals surface area contributed by atoms with Gasteiger partial charge in [0.25, 0.3) is 0 Å². The summed E-state index contributed by atoms with van der Waals surface area (Å²) < 4.78 is 5.54. The Kier molecular flexibility index (Phi) is 4.15. The molecule has 1 aromatic rings. The van der Waals surface area contributed by atoms with Crippen LogP contribution in [0.5, 0.6) is 0 Å². The summed E-state index contributed by atoms with van der Waals surface area (Å²) in [5.41, 5.74) is 0.692. The first-order chi connectivity index (χ1) is 8.63. The summed E-state index contributed by atoms with van der Waals surface area (Å²) in [6.45, 7) is 4.43. The first kappa shape index (κ1) is 13.2. The van der Waals surface area contributed by atoms with Crippen molar-refractivity contribution in [2.45, 2.75) is 25.4 Å². The van der Waals surface area contributed by atoms with Gasteiger partial charge >= 0.3 is 0 Å². The van der Waals surface area contributed by atoms with Crippen LogP contribution in [-0.4, -0.2) is 43.0 Å². The second-order valence-corrected chi connectivity index (χ2v) is 5.26. The lowest BCUT2D eigenvalue weighted by atomic mass is 9.94. The minimum atomic E-state index is -0.102. The number of carbonyl (C=O) groups excluding carboxylic acids is 1. The summed E-state index contributed by atoms with van der Waals surface area (Å²) in [4.78, 5) is 14.3. The van der Waals surface area contributed by atoms with Gasteiger partial charge in [0.2, 0.25) is 0 Å². The first-order valence-electron chi connectivity index (χ1n) is 6.49. The molecule has 18 heavy (non-hydrogen) atoms. The van der Waals surface area contributed by atoms with Crippen molar-refractivity contribution >= 4 is 5.78 Å². The van der Waals surface area contributed by atoms with Crippen LogP contribution in [0.3, 0.4) is 0 Å². The number of methoxy groups -OCH3 is 1. The number of hydrogen-bond acceptors (Lipinski definition) is 3. The van der Waals surface area contributed by atoms with Crippen LogP contribution >= 0.6 is 0 Å². The molecular formula is C15H21NO2. The summed E-state index contributed by atoms with van der Waals surface area (Å²) in [5.74, 6) is 0.191. The molecular weight excluding hydrogens is 226 g/mol. The van der Waals surface area contributed by atoms with Crippen molar-refractivity contribution in [3.63, 3.8) is 0 Å². The monoisotopic (exact) mass is 247 g/mol. The molecule has 0 aromatic heterocycles. The largest absolute Gasteiger partial charge is 0.377 e. The summed E-state index contributed by atoms with van der Waals surface area (Å²) in [6.07, 6.45) is 2.16. The normalized spacial score (nSPS) is 25.0. The van der Waals surface area contributed by atoms with Crippen LogP contribution in [-0.2, 0) is 4.74 Å². The lowest BCUT2D eigenvalue weighted by Gasteiger charge is -2.39. The van der Waals surface area contributed by atoms with E-state index in [1.165, 1.54) is 0 Å². The number of likely N-dealkylation sites (tertiary alicyclic amines) is 1. The van der Waals surface area contributed by atoms with Gasteiger partial charge in [-0.05, 0) is 26.3 Å². The number of piperidine rings is 1. The third-order valence-electron chi connectivity index (χ3n) is 3.69. The Labute approximate surface area is 109 Å². The molecule has 1 saturated heterocycles. The van der Waals surface area contributed by atoms with Crippen LogP contribution < -0.4 is 0 Å². The fourth-order valence-electron chi connectivity index (χ4n) is 2.53. The number of benzene rings is 1. The SMILES string of the molecule is COC1(C)CCCN(CC(=O)c2ccccc2)C1. The van der Waals surface area contributed by atoms with Crippen LogP contribution in [0.1, 0.15) is 30.1 Å². The van der Waals surface area contributed by atoms with E-state index >= 15 is 0 Å². The molecule has 0 radical (unpaired) electrons. The zero-order chi connectivity index (χ0) is 13.0. The number of Topliss-reactive ketones (excluding diaryl/α,β-unsaturated/α-hetero) is 1. The number of ketones is 1. The van der Waals surface area contributed by atoms with Gasteiger partial charge < -0.3 is 4.74 Å². The second kappa shape index (κ2) is 5.63. The topological polar surface area (TPSA) is 29.5 Å². The lowest BCUT2D eigenvalue weighted by Crippen LogP contribution is -2.48. The Morgan fingerprint density at radius 1 is 1.39 bits per heavy atom. The quantitative estimate of drug-likeness (QED) is 0.765. The standard InChI is InChI=1S/C15H21NO2/c1-15(18-2)9-6-10-16(12-15)11-14(17)13-7-4-3-5-8-13/h3-5,7-8H,6,9-12H2,1-2H3. The van der Waals surface area contributed by atoms with E-state index in [2.05, 4.69) is 11.8 Å². The van der Waals surface area contributed by atoms with Crippen molar-refractivity contribution in [3.05, 3.63) is 35.9 Å². The number of carbonyl (C=O) groups is 1. The highest BCUT2D eigenvalue weighted by atomic mass is 16.5.